The Morgan fingerprint density at radius 1 is 0.882 bits per heavy atom. The fraction of sp³-hybridized carbons (Fsp3) is 0.148. The highest BCUT2D eigenvalue weighted by Gasteiger charge is 2.20. The van der Waals surface area contributed by atoms with Gasteiger partial charge in [-0.25, -0.2) is 9.36 Å². The highest BCUT2D eigenvalue weighted by molar-refractivity contribution is 6.11. The second-order valence-corrected chi connectivity index (χ2v) is 8.60. The zero-order valence-electron chi connectivity index (χ0n) is 19.4. The largest absolute Gasteiger partial charge is 0.366 e. The van der Waals surface area contributed by atoms with Gasteiger partial charge in [0, 0.05) is 18.1 Å². The summed E-state index contributed by atoms with van der Waals surface area (Å²) in [6.45, 7) is 5.84. The summed E-state index contributed by atoms with van der Waals surface area (Å²) in [7, 11) is 1.66. The number of carbonyl (C=O) groups is 1. The van der Waals surface area contributed by atoms with Gasteiger partial charge in [0.05, 0.1) is 27.7 Å². The topological polar surface area (TPSA) is 103 Å². The van der Waals surface area contributed by atoms with Crippen molar-refractivity contribution in [1.29, 1.82) is 0 Å². The Kier molecular flexibility index (Phi) is 4.79. The normalized spacial score (nSPS) is 11.4. The number of aryl methyl sites for hydroxylation is 3. The summed E-state index contributed by atoms with van der Waals surface area (Å²) in [5.41, 5.74) is 11.6. The Balaban J connectivity index is 1.85. The van der Waals surface area contributed by atoms with Crippen molar-refractivity contribution in [2.75, 3.05) is 0 Å². The van der Waals surface area contributed by atoms with Gasteiger partial charge in [-0.05, 0) is 67.3 Å². The van der Waals surface area contributed by atoms with Gasteiger partial charge in [0.25, 0.3) is 11.5 Å². The van der Waals surface area contributed by atoms with Crippen LogP contribution in [0.4, 0.5) is 0 Å². The van der Waals surface area contributed by atoms with Crippen molar-refractivity contribution in [3.05, 3.63) is 97.8 Å². The first-order valence-corrected chi connectivity index (χ1v) is 10.9. The van der Waals surface area contributed by atoms with Gasteiger partial charge in [-0.15, -0.1) is 0 Å². The molecular formula is C27H24N4O3. The lowest BCUT2D eigenvalue weighted by Gasteiger charge is -2.16. The molecule has 3 aromatic carbocycles. The average Bonchev–Trinajstić information content (AvgIpc) is 3.12. The van der Waals surface area contributed by atoms with Crippen molar-refractivity contribution in [1.82, 2.24) is 14.1 Å². The van der Waals surface area contributed by atoms with Crippen LogP contribution in [-0.2, 0) is 7.05 Å². The minimum atomic E-state index is -0.505. The van der Waals surface area contributed by atoms with Crippen molar-refractivity contribution in [2.45, 2.75) is 20.8 Å². The number of fused-ring (bicyclic) bond motifs is 2. The molecule has 2 aromatic heterocycles. The predicted octanol–water partition coefficient (Wildman–Crippen LogP) is 3.86. The van der Waals surface area contributed by atoms with Crippen LogP contribution >= 0.6 is 0 Å². The Morgan fingerprint density at radius 2 is 1.62 bits per heavy atom. The second-order valence-electron chi connectivity index (χ2n) is 8.60. The summed E-state index contributed by atoms with van der Waals surface area (Å²) in [6.07, 6.45) is 0. The highest BCUT2D eigenvalue weighted by Crippen LogP contribution is 2.37. The van der Waals surface area contributed by atoms with E-state index in [1.54, 1.807) is 43.4 Å². The number of hydrogen-bond donors (Lipinski definition) is 2. The number of primary amides is 1. The van der Waals surface area contributed by atoms with E-state index in [2.05, 4.69) is 4.98 Å². The molecule has 2 heterocycles. The molecule has 0 unspecified atom stereocenters. The minimum Gasteiger partial charge on any atom is -0.366 e. The molecule has 0 saturated heterocycles. The maximum absolute atomic E-state index is 13.4. The number of hydrogen-bond acceptors (Lipinski definition) is 3. The molecule has 5 rings (SSSR count). The Morgan fingerprint density at radius 3 is 2.35 bits per heavy atom. The quantitative estimate of drug-likeness (QED) is 0.434. The molecule has 0 aliphatic carbocycles. The minimum absolute atomic E-state index is 0.359. The number of nitrogens with two attached hydrogens (primary N) is 1. The molecule has 0 spiro atoms. The molecule has 0 saturated carbocycles. The van der Waals surface area contributed by atoms with Crippen LogP contribution in [0.15, 0.2) is 64.2 Å². The molecule has 1 amide bonds. The van der Waals surface area contributed by atoms with Gasteiger partial charge in [-0.1, -0.05) is 30.3 Å². The van der Waals surface area contributed by atoms with Crippen LogP contribution in [0.2, 0.25) is 0 Å². The van der Waals surface area contributed by atoms with E-state index >= 15 is 0 Å². The Bertz CT molecular complexity index is 1770. The van der Waals surface area contributed by atoms with E-state index in [1.165, 1.54) is 9.13 Å². The molecule has 0 radical (unpaired) electrons. The third-order valence-corrected chi connectivity index (χ3v) is 6.73. The number of rotatable bonds is 3. The monoisotopic (exact) mass is 452 g/mol. The first-order valence-electron chi connectivity index (χ1n) is 10.9. The fourth-order valence-electron chi connectivity index (χ4n) is 4.80. The van der Waals surface area contributed by atoms with Crippen molar-refractivity contribution in [3.8, 4) is 16.8 Å². The number of nitrogens with one attached hydrogen (secondary N) is 1. The summed E-state index contributed by atoms with van der Waals surface area (Å²) in [5.74, 6) is -0.505. The van der Waals surface area contributed by atoms with E-state index in [-0.39, 0.29) is 5.56 Å². The zero-order valence-corrected chi connectivity index (χ0v) is 19.4. The Labute approximate surface area is 195 Å². The third-order valence-electron chi connectivity index (χ3n) is 6.73. The van der Waals surface area contributed by atoms with E-state index in [0.29, 0.717) is 27.7 Å². The molecule has 7 heteroatoms. The summed E-state index contributed by atoms with van der Waals surface area (Å²) in [6, 6.07) is 16.2. The van der Waals surface area contributed by atoms with Crippen LogP contribution in [0.1, 0.15) is 27.2 Å². The molecule has 170 valence electrons. The predicted molar refractivity (Wildman–Crippen MR) is 135 cm³/mol. The molecule has 0 aliphatic rings. The highest BCUT2D eigenvalue weighted by atomic mass is 16.2. The second kappa shape index (κ2) is 7.59. The standard InChI is InChI=1S/C27H24N4O3/c1-14-16(3)29-24-20(25(28)32)13-12-18(23(14)24)17-9-7-11-21(15(17)2)31-26(33)19-8-5-6-10-22(19)30(4)27(31)34/h5-13,29H,1-4H3,(H2,28,32). The van der Waals surface area contributed by atoms with Gasteiger partial charge >= 0.3 is 5.69 Å². The summed E-state index contributed by atoms with van der Waals surface area (Å²) >= 11 is 0. The van der Waals surface area contributed by atoms with Gasteiger partial charge in [0.1, 0.15) is 0 Å². The first-order chi connectivity index (χ1) is 16.2. The number of aromatic amines is 1. The maximum atomic E-state index is 13.4. The number of benzene rings is 3. The lowest BCUT2D eigenvalue weighted by atomic mass is 9.93. The first kappa shape index (κ1) is 21.5. The third kappa shape index (κ3) is 2.94. The van der Waals surface area contributed by atoms with Gasteiger partial charge in [0.2, 0.25) is 0 Å². The molecule has 34 heavy (non-hydrogen) atoms. The molecule has 5 aromatic rings. The zero-order chi connectivity index (χ0) is 24.3. The Hall–Kier alpha value is -4.39. The van der Waals surface area contributed by atoms with E-state index in [9.17, 15) is 14.4 Å². The van der Waals surface area contributed by atoms with Gasteiger partial charge in [-0.2, -0.15) is 0 Å². The summed E-state index contributed by atoms with van der Waals surface area (Å²) in [5, 5.41) is 1.37. The number of aromatic nitrogens is 3. The van der Waals surface area contributed by atoms with E-state index in [0.717, 1.165) is 33.3 Å². The maximum Gasteiger partial charge on any atom is 0.335 e. The van der Waals surface area contributed by atoms with Crippen molar-refractivity contribution in [2.24, 2.45) is 12.8 Å². The van der Waals surface area contributed by atoms with Gasteiger partial charge in [-0.3, -0.25) is 14.2 Å². The number of carbonyl (C=O) groups excluding carboxylic acids is 1. The van der Waals surface area contributed by atoms with Crippen LogP contribution < -0.4 is 17.0 Å². The number of H-pyrrole nitrogens is 1. The average molecular weight is 453 g/mol. The molecule has 0 fully saturated rings. The lowest BCUT2D eigenvalue weighted by molar-refractivity contribution is 0.100. The van der Waals surface area contributed by atoms with Crippen molar-refractivity contribution in [3.63, 3.8) is 0 Å². The van der Waals surface area contributed by atoms with Gasteiger partial charge < -0.3 is 10.7 Å². The summed E-state index contributed by atoms with van der Waals surface area (Å²) < 4.78 is 2.72. The van der Waals surface area contributed by atoms with Crippen LogP contribution in [-0.4, -0.2) is 20.0 Å². The van der Waals surface area contributed by atoms with E-state index in [1.807, 2.05) is 39.0 Å². The lowest BCUT2D eigenvalue weighted by Crippen LogP contribution is -2.38. The SMILES string of the molecule is Cc1[nH]c2c(C(N)=O)ccc(-c3cccc(-n4c(=O)c5ccccc5n(C)c4=O)c3C)c2c1C. The number of nitrogens with zero attached hydrogens (tertiary/aromatic N) is 2. The van der Waals surface area contributed by atoms with Gasteiger partial charge in [0.15, 0.2) is 0 Å². The van der Waals surface area contributed by atoms with E-state index in [4.69, 9.17) is 5.73 Å². The van der Waals surface area contributed by atoms with Crippen LogP contribution in [0, 0.1) is 20.8 Å². The molecule has 3 N–H and O–H groups in total. The smallest absolute Gasteiger partial charge is 0.335 e. The molecule has 0 aliphatic heterocycles. The van der Waals surface area contributed by atoms with Crippen LogP contribution in [0.3, 0.4) is 0 Å². The van der Waals surface area contributed by atoms with Crippen LogP contribution in [0.5, 0.6) is 0 Å². The molecule has 7 nitrogen and oxygen atoms in total. The van der Waals surface area contributed by atoms with Crippen molar-refractivity contribution >= 4 is 27.7 Å². The van der Waals surface area contributed by atoms with Crippen molar-refractivity contribution < 1.29 is 4.79 Å². The summed E-state index contributed by atoms with van der Waals surface area (Å²) in [4.78, 5) is 42.0. The van der Waals surface area contributed by atoms with E-state index < -0.39 is 11.6 Å². The molecular weight excluding hydrogens is 428 g/mol. The van der Waals surface area contributed by atoms with Crippen LogP contribution in [0.25, 0.3) is 38.6 Å². The number of para-hydroxylation sites is 1. The molecule has 0 bridgehead atoms. The number of amides is 1. The fourth-order valence-corrected chi connectivity index (χ4v) is 4.80. The molecule has 0 atom stereocenters.